The smallest absolute Gasteiger partial charge is 0.0384 e. The van der Waals surface area contributed by atoms with E-state index in [4.69, 9.17) is 0 Å². The van der Waals surface area contributed by atoms with Crippen molar-refractivity contribution >= 4 is 5.69 Å². The molecule has 0 fully saturated rings. The van der Waals surface area contributed by atoms with Gasteiger partial charge in [0.15, 0.2) is 0 Å². The summed E-state index contributed by atoms with van der Waals surface area (Å²) in [6.07, 6.45) is 4.05. The summed E-state index contributed by atoms with van der Waals surface area (Å²) in [6.45, 7) is 14.3. The molecular formula is C16H23N. The van der Waals surface area contributed by atoms with Crippen LogP contribution in [0.15, 0.2) is 49.2 Å². The zero-order valence-corrected chi connectivity index (χ0v) is 11.2. The molecule has 0 atom stereocenters. The summed E-state index contributed by atoms with van der Waals surface area (Å²) in [4.78, 5) is 0. The molecule has 1 nitrogen and oxygen atoms in total. The normalized spacial score (nSPS) is 11.0. The maximum Gasteiger partial charge on any atom is 0.0384 e. The maximum absolute atomic E-state index is 3.83. The quantitative estimate of drug-likeness (QED) is 0.717. The van der Waals surface area contributed by atoms with Crippen LogP contribution in [0.4, 0.5) is 5.69 Å². The number of rotatable bonds is 5. The lowest BCUT2D eigenvalue weighted by Crippen LogP contribution is -2.06. The fraction of sp³-hybridized carbons (Fsp3) is 0.375. The zero-order valence-electron chi connectivity index (χ0n) is 11.2. The Kier molecular flexibility index (Phi) is 4.56. The van der Waals surface area contributed by atoms with E-state index >= 15 is 0 Å². The van der Waals surface area contributed by atoms with Crippen LogP contribution in [-0.4, -0.2) is 0 Å². The lowest BCUT2D eigenvalue weighted by molar-refractivity contribution is 0.378. The molecule has 0 aromatic heterocycles. The standard InChI is InChI=1S/C16H23N/c1-6-13(2)17-15-9-7-14(8-10-15)11-12-16(3,4)5/h6-10,17H,1-2,11-12H2,3-5H3. The highest BCUT2D eigenvalue weighted by Crippen LogP contribution is 2.22. The molecule has 0 radical (unpaired) electrons. The lowest BCUT2D eigenvalue weighted by Gasteiger charge is -2.17. The summed E-state index contributed by atoms with van der Waals surface area (Å²) in [5.41, 5.74) is 3.67. The number of nitrogens with one attached hydrogen (secondary N) is 1. The highest BCUT2D eigenvalue weighted by Gasteiger charge is 2.09. The van der Waals surface area contributed by atoms with Crippen molar-refractivity contribution in [3.8, 4) is 0 Å². The maximum atomic E-state index is 3.83. The van der Waals surface area contributed by atoms with E-state index in [1.165, 1.54) is 12.0 Å². The molecule has 1 heteroatoms. The van der Waals surface area contributed by atoms with Gasteiger partial charge >= 0.3 is 0 Å². The van der Waals surface area contributed by atoms with Crippen molar-refractivity contribution in [1.82, 2.24) is 0 Å². The molecule has 0 heterocycles. The molecule has 0 unspecified atom stereocenters. The second-order valence-corrected chi connectivity index (χ2v) is 5.61. The molecule has 1 aromatic rings. The van der Waals surface area contributed by atoms with Crippen LogP contribution in [0.25, 0.3) is 0 Å². The predicted octanol–water partition coefficient (Wildman–Crippen LogP) is 4.78. The Balaban J connectivity index is 2.56. The van der Waals surface area contributed by atoms with E-state index in [0.717, 1.165) is 17.8 Å². The van der Waals surface area contributed by atoms with Crippen molar-refractivity contribution in [3.05, 3.63) is 54.8 Å². The number of benzene rings is 1. The molecule has 1 N–H and O–H groups in total. The van der Waals surface area contributed by atoms with E-state index in [1.54, 1.807) is 6.08 Å². The fourth-order valence-electron chi connectivity index (χ4n) is 1.51. The Hall–Kier alpha value is -1.50. The van der Waals surface area contributed by atoms with Crippen molar-refractivity contribution in [1.29, 1.82) is 0 Å². The molecule has 0 saturated heterocycles. The number of hydrogen-bond acceptors (Lipinski definition) is 1. The summed E-state index contributed by atoms with van der Waals surface area (Å²) in [5, 5.41) is 3.18. The SMILES string of the molecule is C=CC(=C)Nc1ccc(CCC(C)(C)C)cc1. The molecule has 0 amide bonds. The molecule has 0 aliphatic heterocycles. The first-order valence-electron chi connectivity index (χ1n) is 6.08. The molecule has 0 bridgehead atoms. The van der Waals surface area contributed by atoms with E-state index in [9.17, 15) is 0 Å². The highest BCUT2D eigenvalue weighted by molar-refractivity contribution is 5.50. The third-order valence-electron chi connectivity index (χ3n) is 2.67. The van der Waals surface area contributed by atoms with Gasteiger partial charge in [0.05, 0.1) is 0 Å². The van der Waals surface area contributed by atoms with Crippen LogP contribution < -0.4 is 5.32 Å². The van der Waals surface area contributed by atoms with Gasteiger partial charge in [-0.15, -0.1) is 0 Å². The summed E-state index contributed by atoms with van der Waals surface area (Å²) in [7, 11) is 0. The van der Waals surface area contributed by atoms with Gasteiger partial charge in [0.1, 0.15) is 0 Å². The Morgan fingerprint density at radius 1 is 1.24 bits per heavy atom. The summed E-state index contributed by atoms with van der Waals surface area (Å²) >= 11 is 0. The molecule has 17 heavy (non-hydrogen) atoms. The van der Waals surface area contributed by atoms with Crippen molar-refractivity contribution in [2.45, 2.75) is 33.6 Å². The first kappa shape index (κ1) is 13.6. The third-order valence-corrected chi connectivity index (χ3v) is 2.67. The number of aryl methyl sites for hydroxylation is 1. The van der Waals surface area contributed by atoms with E-state index in [0.29, 0.717) is 5.41 Å². The first-order valence-corrected chi connectivity index (χ1v) is 6.08. The van der Waals surface area contributed by atoms with E-state index in [2.05, 4.69) is 63.5 Å². The highest BCUT2D eigenvalue weighted by atomic mass is 14.9. The average molecular weight is 229 g/mol. The summed E-state index contributed by atoms with van der Waals surface area (Å²) in [6, 6.07) is 8.52. The monoisotopic (exact) mass is 229 g/mol. The largest absolute Gasteiger partial charge is 0.356 e. The van der Waals surface area contributed by atoms with Crippen molar-refractivity contribution < 1.29 is 0 Å². The Morgan fingerprint density at radius 2 is 1.82 bits per heavy atom. The van der Waals surface area contributed by atoms with E-state index < -0.39 is 0 Å². The number of hydrogen-bond donors (Lipinski definition) is 1. The van der Waals surface area contributed by atoms with Crippen LogP contribution in [0.3, 0.4) is 0 Å². The van der Waals surface area contributed by atoms with Crippen LogP contribution in [0.5, 0.6) is 0 Å². The molecule has 1 aromatic carbocycles. The zero-order chi connectivity index (χ0) is 12.9. The van der Waals surface area contributed by atoms with Gasteiger partial charge in [-0.1, -0.05) is 46.1 Å². The van der Waals surface area contributed by atoms with Crippen molar-refractivity contribution in [2.24, 2.45) is 5.41 Å². The molecule has 0 aliphatic carbocycles. The predicted molar refractivity (Wildman–Crippen MR) is 77.2 cm³/mol. The van der Waals surface area contributed by atoms with Gasteiger partial charge in [0, 0.05) is 11.4 Å². The Labute approximate surface area is 105 Å². The van der Waals surface area contributed by atoms with E-state index in [1.807, 2.05) is 0 Å². The average Bonchev–Trinajstić information content (AvgIpc) is 2.27. The first-order chi connectivity index (χ1) is 7.90. The van der Waals surface area contributed by atoms with Crippen LogP contribution >= 0.6 is 0 Å². The van der Waals surface area contributed by atoms with Gasteiger partial charge in [-0.3, -0.25) is 0 Å². The van der Waals surface area contributed by atoms with Crippen molar-refractivity contribution in [2.75, 3.05) is 5.32 Å². The van der Waals surface area contributed by atoms with Gasteiger partial charge in [-0.05, 0) is 42.0 Å². The second kappa shape index (κ2) is 5.72. The molecule has 0 saturated carbocycles. The molecule has 1 rings (SSSR count). The van der Waals surface area contributed by atoms with Gasteiger partial charge < -0.3 is 5.32 Å². The van der Waals surface area contributed by atoms with Crippen molar-refractivity contribution in [3.63, 3.8) is 0 Å². The van der Waals surface area contributed by atoms with Crippen LogP contribution in [0, 0.1) is 5.41 Å². The minimum absolute atomic E-state index is 0.397. The summed E-state index contributed by atoms with van der Waals surface area (Å²) in [5.74, 6) is 0. The summed E-state index contributed by atoms with van der Waals surface area (Å²) < 4.78 is 0. The minimum atomic E-state index is 0.397. The van der Waals surface area contributed by atoms with Gasteiger partial charge in [-0.2, -0.15) is 0 Å². The van der Waals surface area contributed by atoms with Gasteiger partial charge in [0.25, 0.3) is 0 Å². The Bertz CT molecular complexity index is 379. The van der Waals surface area contributed by atoms with E-state index in [-0.39, 0.29) is 0 Å². The third kappa shape index (κ3) is 5.39. The van der Waals surface area contributed by atoms with Crippen LogP contribution in [0.1, 0.15) is 32.8 Å². The fourth-order valence-corrected chi connectivity index (χ4v) is 1.51. The van der Waals surface area contributed by atoms with Crippen LogP contribution in [-0.2, 0) is 6.42 Å². The van der Waals surface area contributed by atoms with Crippen LogP contribution in [0.2, 0.25) is 0 Å². The van der Waals surface area contributed by atoms with Gasteiger partial charge in [0.2, 0.25) is 0 Å². The molecular weight excluding hydrogens is 206 g/mol. The minimum Gasteiger partial charge on any atom is -0.356 e. The number of allylic oxidation sites excluding steroid dienone is 1. The molecule has 0 spiro atoms. The topological polar surface area (TPSA) is 12.0 Å². The Morgan fingerprint density at radius 3 is 2.29 bits per heavy atom. The molecule has 0 aliphatic rings. The second-order valence-electron chi connectivity index (χ2n) is 5.61. The van der Waals surface area contributed by atoms with Gasteiger partial charge in [-0.25, -0.2) is 0 Å². The number of anilines is 1. The lowest BCUT2D eigenvalue weighted by atomic mass is 9.89. The molecule has 92 valence electrons.